The zero-order valence-corrected chi connectivity index (χ0v) is 23.2. The Morgan fingerprint density at radius 2 is 1.69 bits per heavy atom. The molecule has 0 heterocycles. The molecule has 2 N–H and O–H groups in total. The van der Waals surface area contributed by atoms with Gasteiger partial charge >= 0.3 is 0 Å². The fraction of sp³-hybridized carbons (Fsp3) is 0.310. The molecule has 0 saturated carbocycles. The minimum absolute atomic E-state index is 0.0563. The highest BCUT2D eigenvalue weighted by Gasteiger charge is 2.25. The van der Waals surface area contributed by atoms with E-state index >= 15 is 0 Å². The largest absolute Gasteiger partial charge is 0.497 e. The Hall–Kier alpha value is -3.56. The summed E-state index contributed by atoms with van der Waals surface area (Å²) in [6, 6.07) is 12.7. The molecule has 0 fully saturated rings. The Bertz CT molecular complexity index is 1260. The minimum atomic E-state index is -1.32. The lowest BCUT2D eigenvalue weighted by molar-refractivity contribution is -0.107. The monoisotopic (exact) mass is 564 g/mol. The topological polar surface area (TPSA) is 78.9 Å². The highest BCUT2D eigenvalue weighted by molar-refractivity contribution is 6.30. The van der Waals surface area contributed by atoms with Crippen molar-refractivity contribution in [3.05, 3.63) is 93.8 Å². The number of nitrogens with zero attached hydrogens (tertiary/aromatic N) is 1. The first-order valence-electron chi connectivity index (χ1n) is 12.1. The molecule has 1 unspecified atom stereocenters. The van der Waals surface area contributed by atoms with Crippen LogP contribution in [0.3, 0.4) is 0 Å². The van der Waals surface area contributed by atoms with E-state index in [0.29, 0.717) is 23.4 Å². The molecule has 0 aliphatic rings. The molecule has 6 nitrogen and oxygen atoms in total. The minimum Gasteiger partial charge on any atom is -0.497 e. The predicted octanol–water partition coefficient (Wildman–Crippen LogP) is 6.20. The van der Waals surface area contributed by atoms with Crippen LogP contribution < -0.4 is 15.0 Å². The molecule has 0 aliphatic heterocycles. The van der Waals surface area contributed by atoms with Gasteiger partial charge in [0.25, 0.3) is 5.91 Å². The maximum absolute atomic E-state index is 14.5. The molecule has 0 aromatic heterocycles. The SMILES string of the molecule is CCC(CN(C=O)c1cc(F)cc(C(C)(C)O)c1)c1c(F)cc(OC)cc1F.CNC(=O)c1ccc(Cl)cc1. The van der Waals surface area contributed by atoms with Crippen molar-refractivity contribution in [3.8, 4) is 5.75 Å². The second-order valence-corrected chi connectivity index (χ2v) is 9.65. The summed E-state index contributed by atoms with van der Waals surface area (Å²) in [4.78, 5) is 23.8. The normalized spacial score (nSPS) is 11.6. The summed E-state index contributed by atoms with van der Waals surface area (Å²) in [7, 11) is 2.90. The summed E-state index contributed by atoms with van der Waals surface area (Å²) in [5.41, 5.74) is -0.376. The number of rotatable bonds is 9. The molecule has 39 heavy (non-hydrogen) atoms. The number of hydrogen-bond acceptors (Lipinski definition) is 4. The molecule has 0 spiro atoms. The molecule has 3 rings (SSSR count). The fourth-order valence-electron chi connectivity index (χ4n) is 3.78. The molecule has 10 heteroatoms. The Morgan fingerprint density at radius 1 is 1.10 bits per heavy atom. The van der Waals surface area contributed by atoms with Gasteiger partial charge in [-0.1, -0.05) is 18.5 Å². The van der Waals surface area contributed by atoms with Crippen LogP contribution in [0.5, 0.6) is 5.75 Å². The number of ether oxygens (including phenoxy) is 1. The lowest BCUT2D eigenvalue weighted by Gasteiger charge is -2.26. The molecule has 1 atom stereocenters. The third kappa shape index (κ3) is 8.73. The van der Waals surface area contributed by atoms with Crippen molar-refractivity contribution in [3.63, 3.8) is 0 Å². The van der Waals surface area contributed by atoms with Crippen molar-refractivity contribution in [1.82, 2.24) is 5.32 Å². The smallest absolute Gasteiger partial charge is 0.251 e. The van der Waals surface area contributed by atoms with E-state index in [1.807, 2.05) is 0 Å². The summed E-state index contributed by atoms with van der Waals surface area (Å²) < 4.78 is 47.8. The first-order valence-corrected chi connectivity index (χ1v) is 12.5. The number of amides is 2. The van der Waals surface area contributed by atoms with Crippen LogP contribution in [-0.2, 0) is 10.4 Å². The van der Waals surface area contributed by atoms with Gasteiger partial charge < -0.3 is 20.1 Å². The summed E-state index contributed by atoms with van der Waals surface area (Å²) in [5.74, 6) is -2.87. The molecular weight excluding hydrogens is 533 g/mol. The van der Waals surface area contributed by atoms with Crippen molar-refractivity contribution in [2.45, 2.75) is 38.7 Å². The lowest BCUT2D eigenvalue weighted by Crippen LogP contribution is -2.28. The average molecular weight is 565 g/mol. The van der Waals surface area contributed by atoms with Gasteiger partial charge in [-0.2, -0.15) is 0 Å². The van der Waals surface area contributed by atoms with Gasteiger partial charge in [-0.15, -0.1) is 0 Å². The van der Waals surface area contributed by atoms with E-state index in [1.54, 1.807) is 38.2 Å². The maximum atomic E-state index is 14.5. The summed E-state index contributed by atoms with van der Waals surface area (Å²) in [5, 5.41) is 13.3. The lowest BCUT2D eigenvalue weighted by atomic mass is 9.93. The highest BCUT2D eigenvalue weighted by Crippen LogP contribution is 2.32. The quantitative estimate of drug-likeness (QED) is 0.304. The van der Waals surface area contributed by atoms with Crippen LogP contribution in [0.4, 0.5) is 18.9 Å². The zero-order valence-electron chi connectivity index (χ0n) is 22.4. The Balaban J connectivity index is 0.000000404. The van der Waals surface area contributed by atoms with Crippen LogP contribution in [0.25, 0.3) is 0 Å². The van der Waals surface area contributed by atoms with Crippen molar-refractivity contribution in [2.24, 2.45) is 0 Å². The number of aliphatic hydroxyl groups is 1. The maximum Gasteiger partial charge on any atom is 0.251 e. The highest BCUT2D eigenvalue weighted by atomic mass is 35.5. The molecular formula is C29H32ClF3N2O4. The standard InChI is InChI=1S/C21H24F3NO3.C8H8ClNO/c1-5-13(20-18(23)9-17(28-4)10-19(20)24)11-25(12-26)16-7-14(21(2,3)27)6-15(22)8-16;1-10-8(11)6-2-4-7(9)5-3-6/h6-10,12-13,27H,5,11H2,1-4H3;2-5H,1H3,(H,10,11). The molecule has 3 aromatic carbocycles. The van der Waals surface area contributed by atoms with Gasteiger partial charge in [0.05, 0.1) is 12.7 Å². The van der Waals surface area contributed by atoms with Gasteiger partial charge in [-0.05, 0) is 68.3 Å². The zero-order chi connectivity index (χ0) is 29.3. The van der Waals surface area contributed by atoms with E-state index < -0.39 is 29.0 Å². The van der Waals surface area contributed by atoms with Crippen LogP contribution >= 0.6 is 11.6 Å². The average Bonchev–Trinajstić information content (AvgIpc) is 2.89. The van der Waals surface area contributed by atoms with E-state index in [1.165, 1.54) is 38.0 Å². The van der Waals surface area contributed by atoms with Crippen LogP contribution in [0.1, 0.15) is 54.6 Å². The summed E-state index contributed by atoms with van der Waals surface area (Å²) in [6.07, 6.45) is 0.823. The fourth-order valence-corrected chi connectivity index (χ4v) is 3.90. The second-order valence-electron chi connectivity index (χ2n) is 9.21. The van der Waals surface area contributed by atoms with Gasteiger partial charge in [-0.3, -0.25) is 9.59 Å². The molecule has 0 bridgehead atoms. The van der Waals surface area contributed by atoms with Crippen LogP contribution in [0.2, 0.25) is 5.02 Å². The molecule has 210 valence electrons. The van der Waals surface area contributed by atoms with Gasteiger partial charge in [0.15, 0.2) is 0 Å². The van der Waals surface area contributed by atoms with Crippen molar-refractivity contribution >= 4 is 29.6 Å². The van der Waals surface area contributed by atoms with E-state index in [0.717, 1.165) is 18.2 Å². The number of benzene rings is 3. The third-order valence-electron chi connectivity index (χ3n) is 5.99. The van der Waals surface area contributed by atoms with Crippen LogP contribution in [0.15, 0.2) is 54.6 Å². The number of methoxy groups -OCH3 is 1. The number of halogens is 4. The first kappa shape index (κ1) is 31.7. The van der Waals surface area contributed by atoms with Gasteiger partial charge in [0.1, 0.15) is 23.2 Å². The Morgan fingerprint density at radius 3 is 2.15 bits per heavy atom. The summed E-state index contributed by atoms with van der Waals surface area (Å²) in [6.45, 7) is 4.67. The number of nitrogens with one attached hydrogen (secondary N) is 1. The van der Waals surface area contributed by atoms with Gasteiger partial charge in [0.2, 0.25) is 6.41 Å². The molecule has 2 amide bonds. The molecule has 0 radical (unpaired) electrons. The molecule has 3 aromatic rings. The Labute approximate surface area is 231 Å². The van der Waals surface area contributed by atoms with Gasteiger partial charge in [0, 0.05) is 53.5 Å². The number of hydrogen-bond donors (Lipinski definition) is 2. The van der Waals surface area contributed by atoms with Crippen LogP contribution in [0, 0.1) is 17.5 Å². The van der Waals surface area contributed by atoms with Gasteiger partial charge in [-0.25, -0.2) is 13.2 Å². The van der Waals surface area contributed by atoms with E-state index in [4.69, 9.17) is 16.3 Å². The third-order valence-corrected chi connectivity index (χ3v) is 6.24. The van der Waals surface area contributed by atoms with Crippen LogP contribution in [-0.4, -0.2) is 38.1 Å². The van der Waals surface area contributed by atoms with Crippen molar-refractivity contribution < 1.29 is 32.6 Å². The molecule has 0 saturated heterocycles. The van der Waals surface area contributed by atoms with Crippen molar-refractivity contribution in [2.75, 3.05) is 25.6 Å². The first-order chi connectivity index (χ1) is 18.3. The van der Waals surface area contributed by atoms with E-state index in [-0.39, 0.29) is 35.0 Å². The Kier molecular flexibility index (Phi) is 11.4. The molecule has 0 aliphatic carbocycles. The van der Waals surface area contributed by atoms with E-state index in [9.17, 15) is 27.9 Å². The summed E-state index contributed by atoms with van der Waals surface area (Å²) >= 11 is 5.63. The second kappa shape index (κ2) is 14.0. The number of carbonyl (C=O) groups excluding carboxylic acids is 2. The van der Waals surface area contributed by atoms with Crippen molar-refractivity contribution in [1.29, 1.82) is 0 Å². The predicted molar refractivity (Wildman–Crippen MR) is 146 cm³/mol. The van der Waals surface area contributed by atoms with E-state index in [2.05, 4.69) is 5.32 Å². The number of carbonyl (C=O) groups is 2. The number of anilines is 1.